The van der Waals surface area contributed by atoms with Crippen molar-refractivity contribution in [3.05, 3.63) is 18.0 Å². The van der Waals surface area contributed by atoms with Crippen LogP contribution in [0, 0.1) is 17.8 Å². The van der Waals surface area contributed by atoms with Gasteiger partial charge in [-0.05, 0) is 37.2 Å². The number of hydrogen-bond donors (Lipinski definition) is 0. The average Bonchev–Trinajstić information content (AvgIpc) is 3.29. The third kappa shape index (κ3) is 3.18. The molecule has 0 radical (unpaired) electrons. The molecule has 5 nitrogen and oxygen atoms in total. The fraction of sp³-hybridized carbons (Fsp3) is 0.706. The van der Waals surface area contributed by atoms with Crippen molar-refractivity contribution in [3.8, 4) is 0 Å². The molecule has 1 aromatic heterocycles. The maximum absolute atomic E-state index is 12.8. The number of halogens is 3. The molecule has 8 heteroatoms. The van der Waals surface area contributed by atoms with Crippen LogP contribution in [0.15, 0.2) is 12.3 Å². The predicted molar refractivity (Wildman–Crippen MR) is 84.8 cm³/mol. The molecule has 0 aromatic carbocycles. The minimum atomic E-state index is -4.49. The fourth-order valence-electron chi connectivity index (χ4n) is 4.48. The molecule has 2 saturated heterocycles. The molecule has 2 aliphatic heterocycles. The van der Waals surface area contributed by atoms with Gasteiger partial charge in [0.1, 0.15) is 5.69 Å². The Hall–Kier alpha value is -1.86. The standard InChI is InChI=1S/C17H21F3N4O/c18-17(19,20)14-4-6-21-16(22-14)23-7-5-13(10-23)15(25)24-8-11-2-1-3-12(11)9-24/h4,6,11-13H,1-3,5,7-10H2. The Balaban J connectivity index is 1.41. The van der Waals surface area contributed by atoms with Gasteiger partial charge in [0.15, 0.2) is 0 Å². The molecule has 0 spiro atoms. The van der Waals surface area contributed by atoms with Crippen molar-refractivity contribution in [2.45, 2.75) is 31.9 Å². The summed E-state index contributed by atoms with van der Waals surface area (Å²) >= 11 is 0. The molecule has 136 valence electrons. The van der Waals surface area contributed by atoms with Gasteiger partial charge in [0, 0.05) is 32.4 Å². The molecule has 3 fully saturated rings. The number of aromatic nitrogens is 2. The molecule has 1 aromatic rings. The molecule has 0 bridgehead atoms. The predicted octanol–water partition coefficient (Wildman–Crippen LogP) is 2.58. The minimum Gasteiger partial charge on any atom is -0.342 e. The number of amides is 1. The molecule has 4 rings (SSSR count). The highest BCUT2D eigenvalue weighted by atomic mass is 19.4. The van der Waals surface area contributed by atoms with Crippen LogP contribution in [0.5, 0.6) is 0 Å². The highest BCUT2D eigenvalue weighted by Crippen LogP contribution is 2.38. The van der Waals surface area contributed by atoms with Crippen molar-refractivity contribution in [2.24, 2.45) is 17.8 Å². The SMILES string of the molecule is O=C(C1CCN(c2nccc(C(F)(F)F)n2)C1)N1CC2CCCC2C1. The first-order valence-corrected chi connectivity index (χ1v) is 8.86. The molecule has 3 unspecified atom stereocenters. The van der Waals surface area contributed by atoms with Crippen LogP contribution in [0.1, 0.15) is 31.4 Å². The Labute approximate surface area is 144 Å². The number of likely N-dealkylation sites (tertiary alicyclic amines) is 1. The van der Waals surface area contributed by atoms with Crippen molar-refractivity contribution in [3.63, 3.8) is 0 Å². The summed E-state index contributed by atoms with van der Waals surface area (Å²) in [4.78, 5) is 24.0. The van der Waals surface area contributed by atoms with E-state index in [1.165, 1.54) is 19.3 Å². The van der Waals surface area contributed by atoms with E-state index >= 15 is 0 Å². The lowest BCUT2D eigenvalue weighted by Gasteiger charge is -2.22. The van der Waals surface area contributed by atoms with Gasteiger partial charge in [-0.25, -0.2) is 9.97 Å². The van der Waals surface area contributed by atoms with Crippen molar-refractivity contribution in [2.75, 3.05) is 31.1 Å². The third-order valence-corrected chi connectivity index (χ3v) is 5.79. The van der Waals surface area contributed by atoms with Crippen molar-refractivity contribution < 1.29 is 18.0 Å². The maximum Gasteiger partial charge on any atom is 0.433 e. The van der Waals surface area contributed by atoms with Crippen LogP contribution in [-0.2, 0) is 11.0 Å². The Morgan fingerprint density at radius 2 is 1.84 bits per heavy atom. The Bertz CT molecular complexity index is 654. The van der Waals surface area contributed by atoms with Gasteiger partial charge in [-0.15, -0.1) is 0 Å². The van der Waals surface area contributed by atoms with E-state index in [-0.39, 0.29) is 17.8 Å². The second-order valence-electron chi connectivity index (χ2n) is 7.37. The lowest BCUT2D eigenvalue weighted by Crippen LogP contribution is -2.36. The quantitative estimate of drug-likeness (QED) is 0.819. The van der Waals surface area contributed by atoms with E-state index in [2.05, 4.69) is 9.97 Å². The highest BCUT2D eigenvalue weighted by molar-refractivity contribution is 5.80. The van der Waals surface area contributed by atoms with Gasteiger partial charge in [-0.2, -0.15) is 13.2 Å². The minimum absolute atomic E-state index is 0.0587. The summed E-state index contributed by atoms with van der Waals surface area (Å²) in [6.07, 6.45) is 0.973. The molecule has 1 amide bonds. The zero-order valence-corrected chi connectivity index (χ0v) is 13.9. The number of rotatable bonds is 2. The van der Waals surface area contributed by atoms with E-state index in [9.17, 15) is 18.0 Å². The third-order valence-electron chi connectivity index (χ3n) is 5.79. The van der Waals surface area contributed by atoms with Crippen LogP contribution >= 0.6 is 0 Å². The molecule has 1 aliphatic carbocycles. The topological polar surface area (TPSA) is 49.3 Å². The number of carbonyl (C=O) groups excluding carboxylic acids is 1. The number of nitrogens with zero attached hydrogens (tertiary/aromatic N) is 4. The number of alkyl halides is 3. The first kappa shape index (κ1) is 16.6. The van der Waals surface area contributed by atoms with Gasteiger partial charge in [0.25, 0.3) is 0 Å². The van der Waals surface area contributed by atoms with Gasteiger partial charge in [-0.1, -0.05) is 6.42 Å². The van der Waals surface area contributed by atoms with Gasteiger partial charge in [0.2, 0.25) is 11.9 Å². The zero-order valence-electron chi connectivity index (χ0n) is 13.9. The van der Waals surface area contributed by atoms with Gasteiger partial charge >= 0.3 is 6.18 Å². The van der Waals surface area contributed by atoms with Crippen LogP contribution in [0.2, 0.25) is 0 Å². The maximum atomic E-state index is 12.8. The van der Waals surface area contributed by atoms with Crippen LogP contribution in [-0.4, -0.2) is 47.0 Å². The smallest absolute Gasteiger partial charge is 0.342 e. The fourth-order valence-corrected chi connectivity index (χ4v) is 4.48. The van der Waals surface area contributed by atoms with E-state index in [0.717, 1.165) is 25.4 Å². The summed E-state index contributed by atoms with van der Waals surface area (Å²) in [7, 11) is 0. The van der Waals surface area contributed by atoms with Crippen molar-refractivity contribution >= 4 is 11.9 Å². The highest BCUT2D eigenvalue weighted by Gasteiger charge is 2.41. The summed E-state index contributed by atoms with van der Waals surface area (Å²) in [6.45, 7) is 2.60. The lowest BCUT2D eigenvalue weighted by atomic mass is 10.0. The van der Waals surface area contributed by atoms with Gasteiger partial charge in [0.05, 0.1) is 5.92 Å². The average molecular weight is 354 g/mol. The molecular weight excluding hydrogens is 333 g/mol. The second kappa shape index (κ2) is 6.14. The summed E-state index contributed by atoms with van der Waals surface area (Å²) in [5, 5.41) is 0. The van der Waals surface area contributed by atoms with E-state index < -0.39 is 11.9 Å². The van der Waals surface area contributed by atoms with Crippen LogP contribution in [0.4, 0.5) is 19.1 Å². The van der Waals surface area contributed by atoms with Crippen LogP contribution in [0.3, 0.4) is 0 Å². The number of anilines is 1. The van der Waals surface area contributed by atoms with Gasteiger partial charge in [-0.3, -0.25) is 4.79 Å². The molecule has 3 atom stereocenters. The van der Waals surface area contributed by atoms with E-state index in [1.807, 2.05) is 4.90 Å². The van der Waals surface area contributed by atoms with E-state index in [4.69, 9.17) is 0 Å². The Morgan fingerprint density at radius 3 is 2.52 bits per heavy atom. The zero-order chi connectivity index (χ0) is 17.6. The molecular formula is C17H21F3N4O. The van der Waals surface area contributed by atoms with Crippen LogP contribution < -0.4 is 4.90 Å². The molecule has 0 N–H and O–H groups in total. The largest absolute Gasteiger partial charge is 0.433 e. The summed E-state index contributed by atoms with van der Waals surface area (Å²) in [5.74, 6) is 1.32. The van der Waals surface area contributed by atoms with Gasteiger partial charge < -0.3 is 9.80 Å². The van der Waals surface area contributed by atoms with Crippen molar-refractivity contribution in [1.29, 1.82) is 0 Å². The lowest BCUT2D eigenvalue weighted by molar-refractivity contribution is -0.141. The normalized spacial score (nSPS) is 29.3. The van der Waals surface area contributed by atoms with Crippen molar-refractivity contribution in [1.82, 2.24) is 14.9 Å². The summed E-state index contributed by atoms with van der Waals surface area (Å²) in [6, 6.07) is 0.866. The molecule has 3 heterocycles. The van der Waals surface area contributed by atoms with E-state index in [1.54, 1.807) is 4.90 Å². The first-order chi connectivity index (χ1) is 11.9. The van der Waals surface area contributed by atoms with E-state index in [0.29, 0.717) is 31.3 Å². The molecule has 3 aliphatic rings. The summed E-state index contributed by atoms with van der Waals surface area (Å²) < 4.78 is 38.4. The number of carbonyl (C=O) groups is 1. The molecule has 1 saturated carbocycles. The Morgan fingerprint density at radius 1 is 1.12 bits per heavy atom. The molecule has 25 heavy (non-hydrogen) atoms. The Kier molecular flexibility index (Phi) is 4.08. The monoisotopic (exact) mass is 354 g/mol. The summed E-state index contributed by atoms with van der Waals surface area (Å²) in [5.41, 5.74) is -0.945. The second-order valence-corrected chi connectivity index (χ2v) is 7.37. The first-order valence-electron chi connectivity index (χ1n) is 8.86. The van der Waals surface area contributed by atoms with Crippen LogP contribution in [0.25, 0.3) is 0 Å². The number of hydrogen-bond acceptors (Lipinski definition) is 4. The number of fused-ring (bicyclic) bond motifs is 1.